The number of benzene rings is 2. The van der Waals surface area contributed by atoms with E-state index in [0.29, 0.717) is 124 Å². The van der Waals surface area contributed by atoms with Gasteiger partial charge >= 0.3 is 0 Å². The Morgan fingerprint density at radius 1 is 0.705 bits per heavy atom. The summed E-state index contributed by atoms with van der Waals surface area (Å²) in [6, 6.07) is 12.1. The Balaban J connectivity index is 0.966. The summed E-state index contributed by atoms with van der Waals surface area (Å²) in [5, 5.41) is 5.41. The van der Waals surface area contributed by atoms with Gasteiger partial charge in [-0.3, -0.25) is 33.1 Å². The van der Waals surface area contributed by atoms with Crippen molar-refractivity contribution in [3.05, 3.63) is 89.9 Å². The van der Waals surface area contributed by atoms with E-state index >= 15 is 4.39 Å². The van der Waals surface area contributed by atoms with E-state index in [0.717, 1.165) is 28.7 Å². The fraction of sp³-hybridized carbons (Fsp3) is 0.593. The summed E-state index contributed by atoms with van der Waals surface area (Å²) in [5.74, 6) is -2.82. The maximum Gasteiger partial charge on any atom is 0.253 e. The number of carbonyl (C=O) groups excluding carboxylic acids is 5. The van der Waals surface area contributed by atoms with Crippen molar-refractivity contribution in [3.8, 4) is 11.3 Å². The molecule has 21 nitrogen and oxygen atoms in total. The van der Waals surface area contributed by atoms with Gasteiger partial charge in [-0.2, -0.15) is 0 Å². The number of halogens is 2. The number of nitrogens with two attached hydrogens (primary N) is 1. The highest BCUT2D eigenvalue weighted by atomic mass is 32.2. The summed E-state index contributed by atoms with van der Waals surface area (Å²) >= 11 is 0. The van der Waals surface area contributed by atoms with E-state index in [1.54, 1.807) is 11.1 Å². The maximum absolute atomic E-state index is 15.1. The molecule has 2 atom stereocenters. The molecule has 0 fully saturated rings. The Bertz CT molecular complexity index is 2310. The van der Waals surface area contributed by atoms with E-state index in [1.807, 2.05) is 55.7 Å². The highest BCUT2D eigenvalue weighted by molar-refractivity contribution is 7.85. The smallest absolute Gasteiger partial charge is 0.253 e. The number of nitrogens with zero attached hydrogens (tertiary/aromatic N) is 4. The molecule has 2 heterocycles. The molecule has 4 N–H and O–H groups in total. The van der Waals surface area contributed by atoms with Gasteiger partial charge in [0.15, 0.2) is 0 Å². The Morgan fingerprint density at radius 3 is 1.76 bits per heavy atom. The normalized spacial score (nSPS) is 13.3. The average molecular weight is 1120 g/mol. The minimum atomic E-state index is -1.63. The topological polar surface area (TPSA) is 251 Å². The summed E-state index contributed by atoms with van der Waals surface area (Å²) in [6.45, 7) is 13.0. The van der Waals surface area contributed by atoms with E-state index in [2.05, 4.69) is 10.6 Å². The highest BCUT2D eigenvalue weighted by Crippen LogP contribution is 2.39. The first-order valence-corrected chi connectivity index (χ1v) is 27.8. The van der Waals surface area contributed by atoms with Crippen LogP contribution in [0.15, 0.2) is 66.9 Å². The van der Waals surface area contributed by atoms with Gasteiger partial charge in [-0.1, -0.05) is 51.1 Å². The number of hydrogen-bond donors (Lipinski definition) is 3. The number of imidazole rings is 1. The van der Waals surface area contributed by atoms with Gasteiger partial charge in [0.1, 0.15) is 23.2 Å². The van der Waals surface area contributed by atoms with Crippen molar-refractivity contribution in [2.45, 2.75) is 52.6 Å². The minimum absolute atomic E-state index is 0.00940. The van der Waals surface area contributed by atoms with Gasteiger partial charge in [0.05, 0.1) is 117 Å². The van der Waals surface area contributed by atoms with Crippen LogP contribution in [0.5, 0.6) is 0 Å². The highest BCUT2D eigenvalue weighted by Gasteiger charge is 2.38. The number of amides is 5. The van der Waals surface area contributed by atoms with E-state index < -0.39 is 45.7 Å². The Morgan fingerprint density at radius 2 is 1.22 bits per heavy atom. The molecular formula is C54H79F2N7O14S. The Labute approximate surface area is 458 Å². The molecule has 3 aromatic rings. The molecule has 1 aliphatic heterocycles. The lowest BCUT2D eigenvalue weighted by atomic mass is 9.84. The monoisotopic (exact) mass is 1120 g/mol. The lowest BCUT2D eigenvalue weighted by molar-refractivity contribution is -0.137. The van der Waals surface area contributed by atoms with Crippen LogP contribution < -0.4 is 16.4 Å². The van der Waals surface area contributed by atoms with Crippen molar-refractivity contribution < 1.29 is 74.9 Å². The van der Waals surface area contributed by atoms with Gasteiger partial charge in [-0.15, -0.1) is 0 Å². The first-order chi connectivity index (χ1) is 37.7. The number of carbonyl (C=O) groups is 5. The minimum Gasteiger partial charge on any atom is -0.379 e. The fourth-order valence-electron chi connectivity index (χ4n) is 7.74. The van der Waals surface area contributed by atoms with Crippen LogP contribution in [0.3, 0.4) is 0 Å². The van der Waals surface area contributed by atoms with Gasteiger partial charge in [0.25, 0.3) is 11.8 Å². The third-order valence-corrected chi connectivity index (χ3v) is 12.8. The van der Waals surface area contributed by atoms with Crippen LogP contribution in [-0.2, 0) is 79.2 Å². The first kappa shape index (κ1) is 65.1. The van der Waals surface area contributed by atoms with Gasteiger partial charge in [-0.05, 0) is 42.1 Å². The van der Waals surface area contributed by atoms with Crippen LogP contribution in [0.4, 0.5) is 8.78 Å². The molecule has 1 unspecified atom stereocenters. The Hall–Kier alpha value is -5.41. The number of ether oxygens (including phenoxy) is 8. The van der Waals surface area contributed by atoms with Crippen LogP contribution in [0.2, 0.25) is 0 Å². The molecule has 4 rings (SSSR count). The lowest BCUT2D eigenvalue weighted by Gasteiger charge is -2.40. The van der Waals surface area contributed by atoms with Crippen molar-refractivity contribution >= 4 is 40.3 Å². The van der Waals surface area contributed by atoms with Gasteiger partial charge in [0.2, 0.25) is 17.7 Å². The van der Waals surface area contributed by atoms with E-state index in [9.17, 15) is 32.6 Å². The third-order valence-electron chi connectivity index (χ3n) is 11.6. The van der Waals surface area contributed by atoms with Crippen molar-refractivity contribution in [2.24, 2.45) is 11.1 Å². The van der Waals surface area contributed by atoms with Crippen LogP contribution in [0, 0.1) is 17.0 Å². The van der Waals surface area contributed by atoms with Crippen LogP contribution in [-0.4, -0.2) is 203 Å². The molecule has 434 valence electrons. The predicted octanol–water partition coefficient (Wildman–Crippen LogP) is 2.96. The second-order valence-electron chi connectivity index (χ2n) is 18.8. The molecule has 0 saturated carbocycles. The zero-order valence-electron chi connectivity index (χ0n) is 45.3. The van der Waals surface area contributed by atoms with Crippen LogP contribution in [0.25, 0.3) is 11.3 Å². The SMILES string of the molecule is CC(C)(C)[C@H](c1nc(-c2cc(F)ccc2F)cn1Cc1ccccc1)N(CCCN)C(=O)CS(=O)CCNC(=O)CCOCCOCCOCCOCCOCCOCCOCCOCCNC(=O)CCN1C(=O)C=CC1=O. The van der Waals surface area contributed by atoms with Crippen molar-refractivity contribution in [2.75, 3.05) is 150 Å². The number of rotatable bonds is 43. The van der Waals surface area contributed by atoms with Crippen molar-refractivity contribution in [1.82, 2.24) is 30.0 Å². The van der Waals surface area contributed by atoms with Gasteiger partial charge in [0, 0.05) is 86.0 Å². The molecule has 2 aromatic carbocycles. The van der Waals surface area contributed by atoms with Crippen LogP contribution >= 0.6 is 0 Å². The quantitative estimate of drug-likeness (QED) is 0.0544. The number of aromatic nitrogens is 2. The van der Waals surface area contributed by atoms with E-state index in [1.165, 1.54) is 12.2 Å². The fourth-order valence-corrected chi connectivity index (χ4v) is 8.66. The molecule has 0 radical (unpaired) electrons. The molecule has 5 amide bonds. The molecule has 24 heteroatoms. The summed E-state index contributed by atoms with van der Waals surface area (Å²) in [4.78, 5) is 69.0. The molecule has 0 bridgehead atoms. The van der Waals surface area contributed by atoms with Crippen LogP contribution in [0.1, 0.15) is 57.5 Å². The molecule has 78 heavy (non-hydrogen) atoms. The van der Waals surface area contributed by atoms with Crippen molar-refractivity contribution in [3.63, 3.8) is 0 Å². The van der Waals surface area contributed by atoms with Gasteiger partial charge < -0.3 is 63.7 Å². The summed E-state index contributed by atoms with van der Waals surface area (Å²) in [5.41, 5.74) is 6.44. The van der Waals surface area contributed by atoms with Gasteiger partial charge in [-0.25, -0.2) is 13.8 Å². The average Bonchev–Trinajstić information content (AvgIpc) is 3.96. The zero-order valence-corrected chi connectivity index (χ0v) is 46.1. The summed E-state index contributed by atoms with van der Waals surface area (Å²) in [6.07, 6.45) is 4.60. The molecule has 0 spiro atoms. The lowest BCUT2D eigenvalue weighted by Crippen LogP contribution is -2.45. The van der Waals surface area contributed by atoms with Crippen molar-refractivity contribution in [1.29, 1.82) is 0 Å². The van der Waals surface area contributed by atoms with E-state index in [-0.39, 0.29) is 86.2 Å². The second-order valence-corrected chi connectivity index (χ2v) is 20.3. The maximum atomic E-state index is 15.1. The zero-order chi connectivity index (χ0) is 56.4. The number of nitrogens with one attached hydrogen (secondary N) is 2. The third kappa shape index (κ3) is 25.6. The molecule has 0 aliphatic carbocycles. The first-order valence-electron chi connectivity index (χ1n) is 26.3. The molecule has 0 saturated heterocycles. The number of imide groups is 1. The molecular weight excluding hydrogens is 1040 g/mol. The molecule has 1 aliphatic rings. The number of hydrogen-bond acceptors (Lipinski definition) is 16. The standard InChI is InChI=1S/C54H79F2N7O14S/c1-54(2,3)52(53-60-46(44-38-43(55)10-11-45(44)56)40-61(53)39-42-8-5-4-6-9-42)63(19-7-16-57)51(68)41-78(69)37-18-59-48(65)15-21-70-23-25-72-27-29-74-31-33-76-35-36-77-34-32-75-30-28-73-26-24-71-22-17-58-47(64)14-20-62-49(66)12-13-50(62)67/h4-6,8-13,38,40,52H,7,14-37,39,41,57H2,1-3H3,(H,58,64)(H,59,65)/t52-,78?/m0/s1. The second kappa shape index (κ2) is 37.5. The summed E-state index contributed by atoms with van der Waals surface area (Å²) < 4.78 is 88.5. The largest absolute Gasteiger partial charge is 0.379 e. The Kier molecular flexibility index (Phi) is 31.3. The molecule has 1 aromatic heterocycles. The predicted molar refractivity (Wildman–Crippen MR) is 286 cm³/mol. The van der Waals surface area contributed by atoms with E-state index in [4.69, 9.17) is 48.6 Å². The summed E-state index contributed by atoms with van der Waals surface area (Å²) in [7, 11) is -1.63.